The molecule has 6 nitrogen and oxygen atoms in total. The third kappa shape index (κ3) is 3.71. The molecule has 0 amide bonds. The maximum atomic E-state index is 11.1. The van der Waals surface area contributed by atoms with Crippen LogP contribution in [0.5, 0.6) is 5.75 Å². The largest absolute Gasteiger partial charge is 0.484 e. The summed E-state index contributed by atoms with van der Waals surface area (Å²) in [5.41, 5.74) is -0.392. The molecule has 0 aromatic heterocycles. The van der Waals surface area contributed by atoms with Gasteiger partial charge < -0.3 is 9.84 Å². The monoisotopic (exact) mass is 293 g/mol. The molecule has 6 heteroatoms. The van der Waals surface area contributed by atoms with Crippen LogP contribution in [0, 0.1) is 16.0 Å². The predicted molar refractivity (Wildman–Crippen MR) is 76.7 cm³/mol. The quantitative estimate of drug-likeness (QED) is 0.661. The predicted octanol–water partition coefficient (Wildman–Crippen LogP) is 3.64. The molecule has 0 unspecified atom stereocenters. The van der Waals surface area contributed by atoms with E-state index in [0.29, 0.717) is 5.92 Å². The van der Waals surface area contributed by atoms with E-state index in [1.807, 2.05) is 0 Å². The number of carbonyl (C=O) groups is 1. The van der Waals surface area contributed by atoms with Gasteiger partial charge in [0, 0.05) is 6.07 Å². The third-order valence-electron chi connectivity index (χ3n) is 4.07. The van der Waals surface area contributed by atoms with Gasteiger partial charge in [0.2, 0.25) is 0 Å². The minimum absolute atomic E-state index is 0.0258. The highest BCUT2D eigenvalue weighted by atomic mass is 16.6. The zero-order valence-electron chi connectivity index (χ0n) is 11.9. The summed E-state index contributed by atoms with van der Waals surface area (Å²) in [7, 11) is 0. The maximum Gasteiger partial charge on any atom is 0.335 e. The molecule has 1 fully saturated rings. The zero-order chi connectivity index (χ0) is 15.4. The Morgan fingerprint density at radius 1 is 1.38 bits per heavy atom. The molecule has 114 valence electrons. The third-order valence-corrected chi connectivity index (χ3v) is 4.07. The number of hydrogen-bond acceptors (Lipinski definition) is 4. The van der Waals surface area contributed by atoms with Gasteiger partial charge in [0.1, 0.15) is 0 Å². The Balaban J connectivity index is 2.13. The van der Waals surface area contributed by atoms with Crippen LogP contribution in [0.3, 0.4) is 0 Å². The van der Waals surface area contributed by atoms with Crippen molar-refractivity contribution in [3.63, 3.8) is 0 Å². The van der Waals surface area contributed by atoms with Crippen LogP contribution in [0.15, 0.2) is 18.2 Å². The van der Waals surface area contributed by atoms with Crippen molar-refractivity contribution in [3.05, 3.63) is 33.9 Å². The Bertz CT molecular complexity index is 535. The number of ether oxygens (including phenoxy) is 1. The van der Waals surface area contributed by atoms with E-state index in [2.05, 4.69) is 6.92 Å². The van der Waals surface area contributed by atoms with Gasteiger partial charge >= 0.3 is 11.7 Å². The molecule has 1 aliphatic rings. The number of benzene rings is 1. The fraction of sp³-hybridized carbons (Fsp3) is 0.533. The fourth-order valence-corrected chi connectivity index (χ4v) is 2.73. The van der Waals surface area contributed by atoms with Gasteiger partial charge in [-0.15, -0.1) is 0 Å². The van der Waals surface area contributed by atoms with E-state index < -0.39 is 10.9 Å². The normalized spacial score (nSPS) is 21.8. The fourth-order valence-electron chi connectivity index (χ4n) is 2.73. The molecule has 0 bridgehead atoms. The van der Waals surface area contributed by atoms with E-state index >= 15 is 0 Å². The summed E-state index contributed by atoms with van der Waals surface area (Å²) in [5.74, 6) is -0.313. The molecule has 0 heterocycles. The maximum absolute atomic E-state index is 11.1. The molecule has 1 aromatic rings. The van der Waals surface area contributed by atoms with Crippen molar-refractivity contribution in [2.24, 2.45) is 5.92 Å². The van der Waals surface area contributed by atoms with E-state index in [9.17, 15) is 14.9 Å². The second-order valence-corrected chi connectivity index (χ2v) is 5.41. The van der Waals surface area contributed by atoms with Crippen molar-refractivity contribution >= 4 is 11.7 Å². The highest BCUT2D eigenvalue weighted by molar-refractivity contribution is 5.88. The van der Waals surface area contributed by atoms with E-state index in [-0.39, 0.29) is 23.1 Å². The molecule has 0 atom stereocenters. The van der Waals surface area contributed by atoms with Crippen LogP contribution in [0.4, 0.5) is 5.69 Å². The summed E-state index contributed by atoms with van der Waals surface area (Å²) in [5, 5.41) is 20.0. The van der Waals surface area contributed by atoms with E-state index in [1.165, 1.54) is 12.1 Å². The molecule has 1 aromatic carbocycles. The minimum atomic E-state index is -1.19. The number of nitrogens with zero attached hydrogens (tertiary/aromatic N) is 1. The topological polar surface area (TPSA) is 89.7 Å². The van der Waals surface area contributed by atoms with Gasteiger partial charge in [-0.25, -0.2) is 4.79 Å². The number of carboxylic acids is 1. The van der Waals surface area contributed by atoms with Gasteiger partial charge in [-0.05, 0) is 43.7 Å². The number of aromatic carboxylic acids is 1. The van der Waals surface area contributed by atoms with Crippen molar-refractivity contribution < 1.29 is 19.6 Å². The molecule has 1 N–H and O–H groups in total. The highest BCUT2D eigenvalue weighted by Gasteiger charge is 2.25. The van der Waals surface area contributed by atoms with E-state index in [4.69, 9.17) is 9.84 Å². The Morgan fingerprint density at radius 3 is 2.57 bits per heavy atom. The lowest BCUT2D eigenvalue weighted by molar-refractivity contribution is -0.386. The first kappa shape index (κ1) is 15.3. The van der Waals surface area contributed by atoms with Gasteiger partial charge in [0.25, 0.3) is 0 Å². The summed E-state index contributed by atoms with van der Waals surface area (Å²) in [6.07, 6.45) is 5.04. The number of nitro benzene ring substituents is 1. The van der Waals surface area contributed by atoms with Crippen LogP contribution in [0.2, 0.25) is 0 Å². The zero-order valence-corrected chi connectivity index (χ0v) is 11.9. The van der Waals surface area contributed by atoms with Crippen LogP contribution in [-0.2, 0) is 0 Å². The van der Waals surface area contributed by atoms with Gasteiger partial charge in [-0.3, -0.25) is 10.1 Å². The summed E-state index contributed by atoms with van der Waals surface area (Å²) >= 11 is 0. The smallest absolute Gasteiger partial charge is 0.335 e. The Labute approximate surface area is 122 Å². The van der Waals surface area contributed by atoms with E-state index in [1.54, 1.807) is 0 Å². The first-order valence-corrected chi connectivity index (χ1v) is 7.19. The summed E-state index contributed by atoms with van der Waals surface area (Å²) in [4.78, 5) is 21.4. The standard InChI is InChI=1S/C15H19NO5/c1-2-10-3-6-12(7-4-10)21-14-8-5-11(15(17)18)9-13(14)16(19)20/h5,8-10,12H,2-4,6-7H2,1H3,(H,17,18). The molecule has 21 heavy (non-hydrogen) atoms. The van der Waals surface area contributed by atoms with Crippen molar-refractivity contribution in [3.8, 4) is 5.75 Å². The lowest BCUT2D eigenvalue weighted by Gasteiger charge is -2.28. The summed E-state index contributed by atoms with van der Waals surface area (Å²) in [6, 6.07) is 3.77. The van der Waals surface area contributed by atoms with Gasteiger partial charge in [-0.2, -0.15) is 0 Å². The van der Waals surface area contributed by atoms with Crippen LogP contribution >= 0.6 is 0 Å². The Kier molecular flexibility index (Phi) is 4.77. The number of carboxylic acid groups (broad SMARTS) is 1. The van der Waals surface area contributed by atoms with Crippen LogP contribution < -0.4 is 4.74 Å². The molecule has 1 aliphatic carbocycles. The highest BCUT2D eigenvalue weighted by Crippen LogP contribution is 2.33. The second-order valence-electron chi connectivity index (χ2n) is 5.41. The lowest BCUT2D eigenvalue weighted by Crippen LogP contribution is -2.24. The lowest BCUT2D eigenvalue weighted by atomic mass is 9.86. The number of rotatable bonds is 5. The first-order valence-electron chi connectivity index (χ1n) is 7.19. The first-order chi connectivity index (χ1) is 10.0. The second kappa shape index (κ2) is 6.56. The number of nitro groups is 1. The van der Waals surface area contributed by atoms with E-state index in [0.717, 1.165) is 38.2 Å². The van der Waals surface area contributed by atoms with Gasteiger partial charge in [0.05, 0.1) is 16.6 Å². The summed E-state index contributed by atoms with van der Waals surface area (Å²) < 4.78 is 5.74. The summed E-state index contributed by atoms with van der Waals surface area (Å²) in [6.45, 7) is 2.17. The van der Waals surface area contributed by atoms with Crippen molar-refractivity contribution in [1.29, 1.82) is 0 Å². The molecule has 2 rings (SSSR count). The Morgan fingerprint density at radius 2 is 2.05 bits per heavy atom. The molecule has 0 spiro atoms. The van der Waals surface area contributed by atoms with Crippen molar-refractivity contribution in [1.82, 2.24) is 0 Å². The van der Waals surface area contributed by atoms with Gasteiger partial charge in [0.15, 0.2) is 5.75 Å². The van der Waals surface area contributed by atoms with Crippen molar-refractivity contribution in [2.45, 2.75) is 45.1 Å². The molecule has 0 radical (unpaired) electrons. The molecular weight excluding hydrogens is 274 g/mol. The molecule has 1 saturated carbocycles. The SMILES string of the molecule is CCC1CCC(Oc2ccc(C(=O)O)cc2[N+](=O)[O-])CC1. The van der Waals surface area contributed by atoms with Gasteiger partial charge in [-0.1, -0.05) is 13.3 Å². The average Bonchev–Trinajstić information content (AvgIpc) is 2.48. The Hall–Kier alpha value is -2.11. The molecule has 0 saturated heterocycles. The molecule has 0 aliphatic heterocycles. The molecular formula is C15H19NO5. The van der Waals surface area contributed by atoms with Crippen molar-refractivity contribution in [2.75, 3.05) is 0 Å². The van der Waals surface area contributed by atoms with Crippen LogP contribution in [0.1, 0.15) is 49.4 Å². The van der Waals surface area contributed by atoms with Crippen LogP contribution in [0.25, 0.3) is 0 Å². The average molecular weight is 293 g/mol. The minimum Gasteiger partial charge on any atom is -0.484 e. The van der Waals surface area contributed by atoms with Crippen LogP contribution in [-0.4, -0.2) is 22.1 Å². The number of hydrogen-bond donors (Lipinski definition) is 1.